The summed E-state index contributed by atoms with van der Waals surface area (Å²) in [6, 6.07) is 5.94. The van der Waals surface area contributed by atoms with Crippen LogP contribution in [0.5, 0.6) is 0 Å². The van der Waals surface area contributed by atoms with E-state index < -0.39 is 16.0 Å². The average Bonchev–Trinajstić information content (AvgIpc) is 2.93. The molecule has 0 bridgehead atoms. The number of nitrogens with zero attached hydrogens (tertiary/aromatic N) is 1. The molecule has 0 spiro atoms. The molecule has 5 nitrogen and oxygen atoms in total. The van der Waals surface area contributed by atoms with Crippen molar-refractivity contribution in [3.63, 3.8) is 0 Å². The molecule has 0 unspecified atom stereocenters. The van der Waals surface area contributed by atoms with Gasteiger partial charge in [0.2, 0.25) is 5.91 Å². The standard InChI is InChI=1S/C20H28N2O3S/c1-12-8-16(20(5,6)7)9-13(2)17(12)11-26(24)15(4)19(23)21-18-10-14(3)25-22-18/h8-10,15H,11H2,1-7H3,(H,21,22,23)/t15-,26+/m0/s1. The van der Waals surface area contributed by atoms with E-state index in [1.54, 1.807) is 19.9 Å². The molecular formula is C20H28N2O3S. The number of benzene rings is 1. The molecule has 6 heteroatoms. The number of aromatic nitrogens is 1. The van der Waals surface area contributed by atoms with Gasteiger partial charge in [0.15, 0.2) is 5.82 Å². The van der Waals surface area contributed by atoms with Gasteiger partial charge in [-0.05, 0) is 55.4 Å². The summed E-state index contributed by atoms with van der Waals surface area (Å²) in [6.07, 6.45) is 0. The number of carbonyl (C=O) groups excluding carboxylic acids is 1. The van der Waals surface area contributed by atoms with E-state index in [2.05, 4.69) is 43.4 Å². The molecule has 0 fully saturated rings. The normalized spacial score (nSPS) is 14.1. The van der Waals surface area contributed by atoms with Crippen molar-refractivity contribution in [3.8, 4) is 0 Å². The fourth-order valence-electron chi connectivity index (χ4n) is 2.69. The number of amides is 1. The fraction of sp³-hybridized carbons (Fsp3) is 0.500. The van der Waals surface area contributed by atoms with Gasteiger partial charge in [-0.15, -0.1) is 0 Å². The number of rotatable bonds is 5. The van der Waals surface area contributed by atoms with Crippen LogP contribution in [0.15, 0.2) is 22.7 Å². The minimum absolute atomic E-state index is 0.0656. The van der Waals surface area contributed by atoms with Gasteiger partial charge in [-0.2, -0.15) is 0 Å². The summed E-state index contributed by atoms with van der Waals surface area (Å²) in [5.41, 5.74) is 4.60. The SMILES string of the molecule is Cc1cc(NC(=O)[C@H](C)[S@](=O)Cc2c(C)cc(C(C)(C)C)cc2C)no1. The predicted octanol–water partition coefficient (Wildman–Crippen LogP) is 4.17. The molecule has 2 rings (SSSR count). The van der Waals surface area contributed by atoms with E-state index in [1.807, 2.05) is 13.8 Å². The van der Waals surface area contributed by atoms with Crippen molar-refractivity contribution in [2.45, 2.75) is 64.9 Å². The maximum Gasteiger partial charge on any atom is 0.241 e. The van der Waals surface area contributed by atoms with E-state index in [-0.39, 0.29) is 11.3 Å². The maximum absolute atomic E-state index is 12.7. The summed E-state index contributed by atoms with van der Waals surface area (Å²) in [7, 11) is -1.33. The van der Waals surface area contributed by atoms with Crippen molar-refractivity contribution < 1.29 is 13.5 Å². The van der Waals surface area contributed by atoms with Gasteiger partial charge in [0.1, 0.15) is 11.0 Å². The first-order valence-electron chi connectivity index (χ1n) is 8.71. The van der Waals surface area contributed by atoms with E-state index >= 15 is 0 Å². The molecule has 0 saturated heterocycles. The molecule has 0 saturated carbocycles. The van der Waals surface area contributed by atoms with Gasteiger partial charge in [-0.1, -0.05) is 38.1 Å². The van der Waals surface area contributed by atoms with E-state index in [0.717, 1.165) is 16.7 Å². The quantitative estimate of drug-likeness (QED) is 0.850. The topological polar surface area (TPSA) is 72.2 Å². The number of hydrogen-bond donors (Lipinski definition) is 1. The van der Waals surface area contributed by atoms with Crippen molar-refractivity contribution in [1.29, 1.82) is 0 Å². The molecule has 0 aliphatic rings. The lowest BCUT2D eigenvalue weighted by Gasteiger charge is -2.22. The van der Waals surface area contributed by atoms with Crippen LogP contribution in [0.2, 0.25) is 0 Å². The van der Waals surface area contributed by atoms with Gasteiger partial charge in [-0.25, -0.2) is 0 Å². The van der Waals surface area contributed by atoms with Gasteiger partial charge >= 0.3 is 0 Å². The minimum atomic E-state index is -1.33. The Balaban J connectivity index is 2.12. The van der Waals surface area contributed by atoms with Gasteiger partial charge in [-0.3, -0.25) is 9.00 Å². The second kappa shape index (κ2) is 7.74. The number of nitrogens with one attached hydrogen (secondary N) is 1. The second-order valence-corrected chi connectivity index (χ2v) is 9.58. The first-order valence-corrected chi connectivity index (χ1v) is 10.1. The largest absolute Gasteiger partial charge is 0.360 e. The van der Waals surface area contributed by atoms with Crippen LogP contribution in [0.3, 0.4) is 0 Å². The Kier molecular flexibility index (Phi) is 6.06. The summed E-state index contributed by atoms with van der Waals surface area (Å²) in [5.74, 6) is 0.991. The van der Waals surface area contributed by atoms with Crippen molar-refractivity contribution in [3.05, 3.63) is 46.2 Å². The molecule has 0 aliphatic carbocycles. The Morgan fingerprint density at radius 3 is 2.23 bits per heavy atom. The summed E-state index contributed by atoms with van der Waals surface area (Å²) in [4.78, 5) is 12.3. The Morgan fingerprint density at radius 2 is 1.77 bits per heavy atom. The van der Waals surface area contributed by atoms with Crippen molar-refractivity contribution in [2.75, 3.05) is 5.32 Å². The first-order chi connectivity index (χ1) is 12.0. The highest BCUT2D eigenvalue weighted by Gasteiger charge is 2.23. The monoisotopic (exact) mass is 376 g/mol. The lowest BCUT2D eigenvalue weighted by Crippen LogP contribution is -2.30. The predicted molar refractivity (Wildman–Crippen MR) is 106 cm³/mol. The summed E-state index contributed by atoms with van der Waals surface area (Å²) < 4.78 is 17.7. The second-order valence-electron chi connectivity index (χ2n) is 7.82. The smallest absolute Gasteiger partial charge is 0.241 e. The zero-order valence-corrected chi connectivity index (χ0v) is 17.4. The van der Waals surface area contributed by atoms with Crippen molar-refractivity contribution in [1.82, 2.24) is 5.16 Å². The van der Waals surface area contributed by atoms with Crippen LogP contribution in [-0.4, -0.2) is 20.5 Å². The highest BCUT2D eigenvalue weighted by Crippen LogP contribution is 2.28. The highest BCUT2D eigenvalue weighted by atomic mass is 32.2. The van der Waals surface area contributed by atoms with E-state index in [0.29, 0.717) is 17.3 Å². The van der Waals surface area contributed by atoms with Crippen LogP contribution in [0.4, 0.5) is 5.82 Å². The average molecular weight is 377 g/mol. The Hall–Kier alpha value is -1.95. The lowest BCUT2D eigenvalue weighted by atomic mass is 9.84. The third-order valence-corrected chi connectivity index (χ3v) is 6.07. The zero-order chi connectivity index (χ0) is 19.6. The van der Waals surface area contributed by atoms with Crippen LogP contribution < -0.4 is 5.32 Å². The lowest BCUT2D eigenvalue weighted by molar-refractivity contribution is -0.115. The zero-order valence-electron chi connectivity index (χ0n) is 16.6. The first kappa shape index (κ1) is 20.4. The maximum atomic E-state index is 12.7. The Morgan fingerprint density at radius 1 is 1.19 bits per heavy atom. The summed E-state index contributed by atoms with van der Waals surface area (Å²) >= 11 is 0. The van der Waals surface area contributed by atoms with Gasteiger partial charge in [0.25, 0.3) is 0 Å². The van der Waals surface area contributed by atoms with E-state index in [9.17, 15) is 9.00 Å². The third kappa shape index (κ3) is 4.81. The van der Waals surface area contributed by atoms with Crippen LogP contribution in [0.1, 0.15) is 55.7 Å². The molecule has 2 atom stereocenters. The molecular weight excluding hydrogens is 348 g/mol. The summed E-state index contributed by atoms with van der Waals surface area (Å²) in [6.45, 7) is 14.0. The van der Waals surface area contributed by atoms with Crippen molar-refractivity contribution in [2.24, 2.45) is 0 Å². The molecule has 26 heavy (non-hydrogen) atoms. The van der Waals surface area contributed by atoms with Crippen LogP contribution >= 0.6 is 0 Å². The molecule has 1 aromatic heterocycles. The van der Waals surface area contributed by atoms with Gasteiger partial charge in [0.05, 0.1) is 0 Å². The molecule has 1 amide bonds. The highest BCUT2D eigenvalue weighted by molar-refractivity contribution is 7.85. The summed E-state index contributed by atoms with van der Waals surface area (Å²) in [5, 5.41) is 5.74. The van der Waals surface area contributed by atoms with E-state index in [4.69, 9.17) is 4.52 Å². The van der Waals surface area contributed by atoms with Crippen LogP contribution in [0, 0.1) is 20.8 Å². The Bertz CT molecular complexity index is 811. The van der Waals surface area contributed by atoms with Crippen LogP contribution in [0.25, 0.3) is 0 Å². The van der Waals surface area contributed by atoms with Crippen LogP contribution in [-0.2, 0) is 26.8 Å². The number of carbonyl (C=O) groups is 1. The van der Waals surface area contributed by atoms with Gasteiger partial charge in [0, 0.05) is 22.6 Å². The van der Waals surface area contributed by atoms with E-state index in [1.165, 1.54) is 5.56 Å². The molecule has 1 heterocycles. The number of hydrogen-bond acceptors (Lipinski definition) is 4. The van der Waals surface area contributed by atoms with Gasteiger partial charge < -0.3 is 9.84 Å². The number of anilines is 1. The molecule has 0 aliphatic heterocycles. The fourth-order valence-corrected chi connectivity index (χ4v) is 3.98. The Labute approximate surface area is 158 Å². The molecule has 142 valence electrons. The van der Waals surface area contributed by atoms with Crippen molar-refractivity contribution >= 4 is 22.5 Å². The molecule has 2 aromatic rings. The molecule has 1 N–H and O–H groups in total. The molecule has 0 radical (unpaired) electrons. The number of aryl methyl sites for hydroxylation is 3. The molecule has 1 aromatic carbocycles. The minimum Gasteiger partial charge on any atom is -0.360 e. The third-order valence-electron chi connectivity index (χ3n) is 4.49.